The molecule has 5 nitrogen and oxygen atoms in total. The first-order chi connectivity index (χ1) is 13.7. The molecule has 1 aliphatic carbocycles. The van der Waals surface area contributed by atoms with Gasteiger partial charge in [-0.25, -0.2) is 9.50 Å². The van der Waals surface area contributed by atoms with Crippen molar-refractivity contribution in [2.45, 2.75) is 51.4 Å². The molecule has 0 spiro atoms. The van der Waals surface area contributed by atoms with E-state index in [4.69, 9.17) is 0 Å². The van der Waals surface area contributed by atoms with E-state index in [2.05, 4.69) is 33.6 Å². The lowest BCUT2D eigenvalue weighted by Crippen LogP contribution is -2.31. The molecular formula is C23H28N4O. The summed E-state index contributed by atoms with van der Waals surface area (Å²) in [4.78, 5) is 16.6. The first-order valence-corrected chi connectivity index (χ1v) is 10.3. The fourth-order valence-electron chi connectivity index (χ4n) is 4.25. The van der Waals surface area contributed by atoms with Gasteiger partial charge >= 0.3 is 0 Å². The average molecular weight is 377 g/mol. The summed E-state index contributed by atoms with van der Waals surface area (Å²) in [7, 11) is 0. The highest BCUT2D eigenvalue weighted by Crippen LogP contribution is 2.35. The summed E-state index contributed by atoms with van der Waals surface area (Å²) in [5.74, 6) is 1.26. The van der Waals surface area contributed by atoms with Gasteiger partial charge in [0.1, 0.15) is 0 Å². The van der Waals surface area contributed by atoms with E-state index >= 15 is 0 Å². The van der Waals surface area contributed by atoms with Gasteiger partial charge in [-0.1, -0.05) is 30.3 Å². The molecule has 0 atom stereocenters. The Kier molecular flexibility index (Phi) is 5.70. The highest BCUT2D eigenvalue weighted by atomic mass is 16.1. The number of fused-ring (bicyclic) bond motifs is 1. The second-order valence-electron chi connectivity index (χ2n) is 7.93. The van der Waals surface area contributed by atoms with Crippen molar-refractivity contribution < 1.29 is 4.79 Å². The minimum absolute atomic E-state index is 0.161. The number of hydrogen-bond acceptors (Lipinski definition) is 3. The van der Waals surface area contributed by atoms with E-state index < -0.39 is 0 Å². The van der Waals surface area contributed by atoms with Crippen molar-refractivity contribution in [1.82, 2.24) is 19.9 Å². The molecule has 1 aliphatic rings. The SMILES string of the molecule is Cc1cc2nccc(C3CCC(CNC(=O)CCc4ccccc4)CC3)n2n1. The first kappa shape index (κ1) is 18.7. The van der Waals surface area contributed by atoms with Crippen LogP contribution in [0, 0.1) is 12.8 Å². The molecule has 5 heteroatoms. The van der Waals surface area contributed by atoms with Gasteiger partial charge < -0.3 is 5.32 Å². The van der Waals surface area contributed by atoms with Gasteiger partial charge in [0.2, 0.25) is 5.91 Å². The van der Waals surface area contributed by atoms with Crippen LogP contribution in [0.4, 0.5) is 0 Å². The normalized spacial score (nSPS) is 19.6. The maximum Gasteiger partial charge on any atom is 0.220 e. The van der Waals surface area contributed by atoms with Crippen molar-refractivity contribution >= 4 is 11.6 Å². The van der Waals surface area contributed by atoms with Crippen molar-refractivity contribution in [3.8, 4) is 0 Å². The van der Waals surface area contributed by atoms with E-state index in [0.717, 1.165) is 50.0 Å². The number of carbonyl (C=O) groups is 1. The van der Waals surface area contributed by atoms with Crippen molar-refractivity contribution in [3.63, 3.8) is 0 Å². The van der Waals surface area contributed by atoms with Crippen LogP contribution in [0.3, 0.4) is 0 Å². The zero-order valence-corrected chi connectivity index (χ0v) is 16.5. The number of hydrogen-bond donors (Lipinski definition) is 1. The number of aromatic nitrogens is 3. The summed E-state index contributed by atoms with van der Waals surface area (Å²) in [5, 5.41) is 7.75. The van der Waals surface area contributed by atoms with Crippen molar-refractivity contribution in [2.24, 2.45) is 5.92 Å². The van der Waals surface area contributed by atoms with Gasteiger partial charge in [0.25, 0.3) is 0 Å². The van der Waals surface area contributed by atoms with Crippen LogP contribution in [-0.4, -0.2) is 27.0 Å². The number of aryl methyl sites for hydroxylation is 2. The van der Waals surface area contributed by atoms with Gasteiger partial charge in [0.15, 0.2) is 5.65 Å². The van der Waals surface area contributed by atoms with Crippen LogP contribution >= 0.6 is 0 Å². The Morgan fingerprint density at radius 1 is 1.14 bits per heavy atom. The van der Waals surface area contributed by atoms with Crippen LogP contribution in [0.5, 0.6) is 0 Å². The molecule has 28 heavy (non-hydrogen) atoms. The largest absolute Gasteiger partial charge is 0.356 e. The van der Waals surface area contributed by atoms with Crippen LogP contribution in [-0.2, 0) is 11.2 Å². The Bertz CT molecular complexity index is 926. The fraction of sp³-hybridized carbons (Fsp3) is 0.435. The highest BCUT2D eigenvalue weighted by Gasteiger charge is 2.24. The third-order valence-corrected chi connectivity index (χ3v) is 5.85. The summed E-state index contributed by atoms with van der Waals surface area (Å²) in [6.45, 7) is 2.81. The first-order valence-electron chi connectivity index (χ1n) is 10.3. The van der Waals surface area contributed by atoms with Crippen molar-refractivity contribution in [3.05, 3.63) is 65.6 Å². The van der Waals surface area contributed by atoms with Crippen LogP contribution in [0.15, 0.2) is 48.7 Å². The summed E-state index contributed by atoms with van der Waals surface area (Å²) in [5.41, 5.74) is 4.42. The van der Waals surface area contributed by atoms with E-state index in [1.165, 1.54) is 11.3 Å². The van der Waals surface area contributed by atoms with E-state index in [0.29, 0.717) is 18.3 Å². The molecule has 2 aromatic heterocycles. The Hall–Kier alpha value is -2.69. The lowest BCUT2D eigenvalue weighted by atomic mass is 9.80. The second kappa shape index (κ2) is 8.55. The second-order valence-corrected chi connectivity index (χ2v) is 7.93. The molecule has 1 aromatic carbocycles. The molecule has 0 unspecified atom stereocenters. The molecule has 0 aliphatic heterocycles. The van der Waals surface area contributed by atoms with Crippen LogP contribution < -0.4 is 5.32 Å². The van der Waals surface area contributed by atoms with E-state index in [9.17, 15) is 4.79 Å². The molecule has 3 aromatic rings. The predicted octanol–water partition coefficient (Wildman–Crippen LogP) is 4.06. The number of carbonyl (C=O) groups excluding carboxylic acids is 1. The molecule has 0 saturated heterocycles. The molecule has 1 N–H and O–H groups in total. The Balaban J connectivity index is 1.24. The molecule has 0 bridgehead atoms. The fourth-order valence-corrected chi connectivity index (χ4v) is 4.25. The molecule has 1 saturated carbocycles. The average Bonchev–Trinajstić information content (AvgIpc) is 3.12. The zero-order chi connectivity index (χ0) is 19.3. The van der Waals surface area contributed by atoms with Crippen molar-refractivity contribution in [2.75, 3.05) is 6.54 Å². The molecule has 0 radical (unpaired) electrons. The third-order valence-electron chi connectivity index (χ3n) is 5.85. The van der Waals surface area contributed by atoms with Crippen LogP contribution in [0.1, 0.15) is 55.0 Å². The predicted molar refractivity (Wildman–Crippen MR) is 110 cm³/mol. The Morgan fingerprint density at radius 3 is 2.71 bits per heavy atom. The number of amides is 1. The van der Waals surface area contributed by atoms with Crippen molar-refractivity contribution in [1.29, 1.82) is 0 Å². The minimum Gasteiger partial charge on any atom is -0.356 e. The van der Waals surface area contributed by atoms with Crippen LogP contribution in [0.2, 0.25) is 0 Å². The quantitative estimate of drug-likeness (QED) is 0.706. The molecule has 2 heterocycles. The monoisotopic (exact) mass is 376 g/mol. The number of nitrogens with one attached hydrogen (secondary N) is 1. The topological polar surface area (TPSA) is 59.3 Å². The summed E-state index contributed by atoms with van der Waals surface area (Å²) in [6.07, 6.45) is 7.84. The minimum atomic E-state index is 0.161. The van der Waals surface area contributed by atoms with E-state index in [1.807, 2.05) is 41.9 Å². The van der Waals surface area contributed by atoms with Crippen LogP contribution in [0.25, 0.3) is 5.65 Å². The number of benzene rings is 1. The Morgan fingerprint density at radius 2 is 1.93 bits per heavy atom. The zero-order valence-electron chi connectivity index (χ0n) is 16.5. The molecule has 1 amide bonds. The molecule has 4 rings (SSSR count). The Labute approximate surface area is 166 Å². The summed E-state index contributed by atoms with van der Waals surface area (Å²) < 4.78 is 2.01. The smallest absolute Gasteiger partial charge is 0.220 e. The summed E-state index contributed by atoms with van der Waals surface area (Å²) in [6, 6.07) is 14.3. The van der Waals surface area contributed by atoms with E-state index in [-0.39, 0.29) is 5.91 Å². The van der Waals surface area contributed by atoms with Gasteiger partial charge in [-0.3, -0.25) is 4.79 Å². The lowest BCUT2D eigenvalue weighted by molar-refractivity contribution is -0.121. The molecular weight excluding hydrogens is 348 g/mol. The van der Waals surface area contributed by atoms with E-state index in [1.54, 1.807) is 0 Å². The van der Waals surface area contributed by atoms with Gasteiger partial charge in [0.05, 0.1) is 5.69 Å². The third kappa shape index (κ3) is 4.41. The van der Waals surface area contributed by atoms with Gasteiger partial charge in [-0.15, -0.1) is 0 Å². The maximum absolute atomic E-state index is 12.2. The van der Waals surface area contributed by atoms with Gasteiger partial charge in [-0.2, -0.15) is 5.10 Å². The number of rotatable bonds is 6. The molecule has 146 valence electrons. The highest BCUT2D eigenvalue weighted by molar-refractivity contribution is 5.76. The lowest BCUT2D eigenvalue weighted by Gasteiger charge is -2.29. The van der Waals surface area contributed by atoms with Gasteiger partial charge in [-0.05, 0) is 56.6 Å². The molecule has 1 fully saturated rings. The summed E-state index contributed by atoms with van der Waals surface area (Å²) >= 11 is 0. The maximum atomic E-state index is 12.2. The standard InChI is InChI=1S/C23H28N4O/c1-17-15-22-24-14-13-21(27(22)26-17)20-10-7-19(8-11-20)16-25-23(28)12-9-18-5-3-2-4-6-18/h2-6,13-15,19-20H,7-12,16H2,1H3,(H,25,28). The number of nitrogens with zero attached hydrogens (tertiary/aromatic N) is 3. The van der Waals surface area contributed by atoms with Gasteiger partial charge in [0, 0.05) is 36.8 Å².